The van der Waals surface area contributed by atoms with E-state index in [1.165, 1.54) is 0 Å². The van der Waals surface area contributed by atoms with E-state index in [9.17, 15) is 9.59 Å². The Bertz CT molecular complexity index is 695. The van der Waals surface area contributed by atoms with Gasteiger partial charge in [-0.25, -0.2) is 4.79 Å². The molecule has 2 rings (SSSR count). The SMILES string of the molecule is CC(C)COC(=O)C(Cc1ccccc1)C(C)OC(=O)c1ccccc1. The van der Waals surface area contributed by atoms with Crippen LogP contribution < -0.4 is 0 Å². The summed E-state index contributed by atoms with van der Waals surface area (Å²) < 4.78 is 11.0. The highest BCUT2D eigenvalue weighted by Gasteiger charge is 2.30. The molecular weight excluding hydrogens is 328 g/mol. The summed E-state index contributed by atoms with van der Waals surface area (Å²) in [4.78, 5) is 24.9. The van der Waals surface area contributed by atoms with Gasteiger partial charge in [-0.05, 0) is 37.0 Å². The lowest BCUT2D eigenvalue weighted by atomic mass is 9.94. The molecule has 0 aromatic heterocycles. The van der Waals surface area contributed by atoms with Crippen LogP contribution in [0.2, 0.25) is 0 Å². The van der Waals surface area contributed by atoms with Crippen molar-refractivity contribution in [2.75, 3.05) is 6.61 Å². The number of carbonyl (C=O) groups is 2. The van der Waals surface area contributed by atoms with Crippen molar-refractivity contribution in [3.8, 4) is 0 Å². The number of ether oxygens (including phenoxy) is 2. The van der Waals surface area contributed by atoms with E-state index in [2.05, 4.69) is 0 Å². The predicted octanol–water partition coefficient (Wildman–Crippen LogP) is 4.29. The first-order valence-corrected chi connectivity index (χ1v) is 8.94. The van der Waals surface area contributed by atoms with Gasteiger partial charge in [0.2, 0.25) is 0 Å². The molecule has 0 spiro atoms. The standard InChI is InChI=1S/C22H26O4/c1-16(2)15-25-22(24)20(14-18-10-6-4-7-11-18)17(3)26-21(23)19-12-8-5-9-13-19/h4-13,16-17,20H,14-15H2,1-3H3. The van der Waals surface area contributed by atoms with Crippen molar-refractivity contribution < 1.29 is 19.1 Å². The van der Waals surface area contributed by atoms with Crippen molar-refractivity contribution in [3.63, 3.8) is 0 Å². The summed E-state index contributed by atoms with van der Waals surface area (Å²) in [6.45, 7) is 6.06. The number of carbonyl (C=O) groups excluding carboxylic acids is 2. The Hall–Kier alpha value is -2.62. The van der Waals surface area contributed by atoms with E-state index in [0.717, 1.165) is 5.56 Å². The first-order chi connectivity index (χ1) is 12.5. The Balaban J connectivity index is 2.10. The zero-order valence-corrected chi connectivity index (χ0v) is 15.6. The molecule has 0 aliphatic carbocycles. The van der Waals surface area contributed by atoms with Crippen LogP contribution in [0.3, 0.4) is 0 Å². The lowest BCUT2D eigenvalue weighted by molar-refractivity contribution is -0.153. The zero-order valence-electron chi connectivity index (χ0n) is 15.6. The molecule has 2 aromatic carbocycles. The second-order valence-corrected chi connectivity index (χ2v) is 6.80. The van der Waals surface area contributed by atoms with Gasteiger partial charge in [-0.15, -0.1) is 0 Å². The van der Waals surface area contributed by atoms with Crippen LogP contribution in [0.1, 0.15) is 36.7 Å². The summed E-state index contributed by atoms with van der Waals surface area (Å²) in [7, 11) is 0. The summed E-state index contributed by atoms with van der Waals surface area (Å²) in [5.74, 6) is -1.08. The van der Waals surface area contributed by atoms with Crippen molar-refractivity contribution in [3.05, 3.63) is 71.8 Å². The van der Waals surface area contributed by atoms with Gasteiger partial charge in [0, 0.05) is 0 Å². The summed E-state index contributed by atoms with van der Waals surface area (Å²) in [5, 5.41) is 0. The minimum Gasteiger partial charge on any atom is -0.465 e. The van der Waals surface area contributed by atoms with E-state index in [1.807, 2.05) is 50.2 Å². The van der Waals surface area contributed by atoms with Crippen LogP contribution in [0.5, 0.6) is 0 Å². The fraction of sp³-hybridized carbons (Fsp3) is 0.364. The van der Waals surface area contributed by atoms with Gasteiger partial charge in [-0.3, -0.25) is 4.79 Å². The molecule has 0 N–H and O–H groups in total. The Morgan fingerprint density at radius 3 is 2.04 bits per heavy atom. The van der Waals surface area contributed by atoms with Crippen LogP contribution in [0.25, 0.3) is 0 Å². The van der Waals surface area contributed by atoms with Gasteiger partial charge in [0.25, 0.3) is 0 Å². The summed E-state index contributed by atoms with van der Waals surface area (Å²) in [6.07, 6.45) is -0.136. The van der Waals surface area contributed by atoms with E-state index in [-0.39, 0.29) is 11.9 Å². The van der Waals surface area contributed by atoms with Crippen LogP contribution in [0.15, 0.2) is 60.7 Å². The molecule has 0 aliphatic heterocycles. The topological polar surface area (TPSA) is 52.6 Å². The molecule has 0 fully saturated rings. The van der Waals surface area contributed by atoms with Crippen molar-refractivity contribution >= 4 is 11.9 Å². The van der Waals surface area contributed by atoms with Crippen molar-refractivity contribution in [2.45, 2.75) is 33.3 Å². The molecule has 2 unspecified atom stereocenters. The second kappa shape index (κ2) is 9.76. The van der Waals surface area contributed by atoms with E-state index < -0.39 is 18.0 Å². The Labute approximate surface area is 155 Å². The van der Waals surface area contributed by atoms with Gasteiger partial charge in [0.1, 0.15) is 6.10 Å². The third kappa shape index (κ3) is 6.03. The Morgan fingerprint density at radius 2 is 1.46 bits per heavy atom. The number of hydrogen-bond donors (Lipinski definition) is 0. The van der Waals surface area contributed by atoms with E-state index in [1.54, 1.807) is 31.2 Å². The fourth-order valence-electron chi connectivity index (χ4n) is 2.56. The number of hydrogen-bond acceptors (Lipinski definition) is 4. The maximum absolute atomic E-state index is 12.6. The highest BCUT2D eigenvalue weighted by Crippen LogP contribution is 2.19. The third-order valence-electron chi connectivity index (χ3n) is 4.03. The molecule has 138 valence electrons. The van der Waals surface area contributed by atoms with Crippen LogP contribution in [0, 0.1) is 11.8 Å². The smallest absolute Gasteiger partial charge is 0.338 e. The minimum atomic E-state index is -0.595. The first-order valence-electron chi connectivity index (χ1n) is 8.94. The third-order valence-corrected chi connectivity index (χ3v) is 4.03. The lowest BCUT2D eigenvalue weighted by Crippen LogP contribution is -2.34. The Morgan fingerprint density at radius 1 is 0.885 bits per heavy atom. The van der Waals surface area contributed by atoms with Gasteiger partial charge in [-0.1, -0.05) is 62.4 Å². The fourth-order valence-corrected chi connectivity index (χ4v) is 2.56. The van der Waals surface area contributed by atoms with Crippen LogP contribution in [-0.2, 0) is 20.7 Å². The number of rotatable bonds is 8. The monoisotopic (exact) mass is 354 g/mol. The molecule has 0 amide bonds. The van der Waals surface area contributed by atoms with E-state index >= 15 is 0 Å². The molecule has 0 radical (unpaired) electrons. The molecule has 4 nitrogen and oxygen atoms in total. The molecular formula is C22H26O4. The molecule has 0 bridgehead atoms. The van der Waals surface area contributed by atoms with E-state index in [4.69, 9.17) is 9.47 Å². The molecule has 0 saturated heterocycles. The van der Waals surface area contributed by atoms with Gasteiger partial charge in [0.15, 0.2) is 0 Å². The lowest BCUT2D eigenvalue weighted by Gasteiger charge is -2.23. The Kier molecular flexibility index (Phi) is 7.39. The minimum absolute atomic E-state index is 0.249. The highest BCUT2D eigenvalue weighted by atomic mass is 16.6. The summed E-state index contributed by atoms with van der Waals surface area (Å²) in [6, 6.07) is 18.5. The number of esters is 2. The normalized spacial score (nSPS) is 13.1. The maximum Gasteiger partial charge on any atom is 0.338 e. The average Bonchev–Trinajstić information content (AvgIpc) is 2.65. The van der Waals surface area contributed by atoms with Crippen LogP contribution in [-0.4, -0.2) is 24.6 Å². The predicted molar refractivity (Wildman–Crippen MR) is 101 cm³/mol. The van der Waals surface area contributed by atoms with Crippen molar-refractivity contribution in [1.29, 1.82) is 0 Å². The van der Waals surface area contributed by atoms with Crippen LogP contribution >= 0.6 is 0 Å². The number of benzene rings is 2. The quantitative estimate of drug-likeness (QED) is 0.664. The molecule has 4 heteroatoms. The molecule has 26 heavy (non-hydrogen) atoms. The highest BCUT2D eigenvalue weighted by molar-refractivity contribution is 5.89. The molecule has 0 aliphatic rings. The summed E-state index contributed by atoms with van der Waals surface area (Å²) in [5.41, 5.74) is 1.47. The van der Waals surface area contributed by atoms with E-state index in [0.29, 0.717) is 18.6 Å². The molecule has 2 aromatic rings. The molecule has 0 heterocycles. The summed E-state index contributed by atoms with van der Waals surface area (Å²) >= 11 is 0. The van der Waals surface area contributed by atoms with Gasteiger partial charge in [0.05, 0.1) is 18.1 Å². The first kappa shape index (κ1) is 19.7. The van der Waals surface area contributed by atoms with Gasteiger partial charge < -0.3 is 9.47 Å². The largest absolute Gasteiger partial charge is 0.465 e. The van der Waals surface area contributed by atoms with Gasteiger partial charge in [-0.2, -0.15) is 0 Å². The molecule has 0 saturated carbocycles. The average molecular weight is 354 g/mol. The van der Waals surface area contributed by atoms with Crippen molar-refractivity contribution in [1.82, 2.24) is 0 Å². The van der Waals surface area contributed by atoms with Crippen molar-refractivity contribution in [2.24, 2.45) is 11.8 Å². The maximum atomic E-state index is 12.6. The van der Waals surface area contributed by atoms with Crippen LogP contribution in [0.4, 0.5) is 0 Å². The van der Waals surface area contributed by atoms with Gasteiger partial charge >= 0.3 is 11.9 Å². The zero-order chi connectivity index (χ0) is 18.9. The molecule has 2 atom stereocenters. The second-order valence-electron chi connectivity index (χ2n) is 6.80.